The average Bonchev–Trinajstić information content (AvgIpc) is 3.17. The number of rotatable bonds is 9. The normalized spacial score (nSPS) is 14.2. The lowest BCUT2D eigenvalue weighted by atomic mass is 10.0. The number of halogens is 1. The molecule has 1 aliphatic rings. The largest absolute Gasteiger partial charge is 0.484 e. The van der Waals surface area contributed by atoms with Gasteiger partial charge in [-0.25, -0.2) is 0 Å². The molecule has 0 unspecified atom stereocenters. The Labute approximate surface area is 244 Å². The number of nitrogens with zero attached hydrogens (tertiary/aromatic N) is 1. The Balaban J connectivity index is 1.31. The van der Waals surface area contributed by atoms with Crippen LogP contribution in [0.4, 0.5) is 16.2 Å². The predicted octanol–water partition coefficient (Wildman–Crippen LogP) is 6.11. The van der Waals surface area contributed by atoms with Crippen molar-refractivity contribution in [3.8, 4) is 5.75 Å². The molecule has 0 aromatic heterocycles. The first-order valence-electron chi connectivity index (χ1n) is 12.1. The van der Waals surface area contributed by atoms with Crippen LogP contribution in [0.1, 0.15) is 30.9 Å². The van der Waals surface area contributed by atoms with Crippen LogP contribution in [0.2, 0.25) is 0 Å². The van der Waals surface area contributed by atoms with Crippen molar-refractivity contribution < 1.29 is 23.9 Å². The summed E-state index contributed by atoms with van der Waals surface area (Å²) >= 11 is 2.94. The SMILES string of the molecule is CC(C)c1ccccc1NC(=O)COc1ccc(/C=C2/SC(=O)N(CC(=O)Nc3ccc(I)cc3)C2=O)cc1. The van der Waals surface area contributed by atoms with Gasteiger partial charge in [0.25, 0.3) is 17.1 Å². The fourth-order valence-electron chi connectivity index (χ4n) is 3.77. The van der Waals surface area contributed by atoms with Crippen molar-refractivity contribution in [2.75, 3.05) is 23.8 Å². The maximum absolute atomic E-state index is 12.8. The van der Waals surface area contributed by atoms with Crippen LogP contribution in [0.25, 0.3) is 6.08 Å². The van der Waals surface area contributed by atoms with Crippen molar-refractivity contribution in [2.24, 2.45) is 0 Å². The van der Waals surface area contributed by atoms with E-state index in [-0.39, 0.29) is 29.9 Å². The van der Waals surface area contributed by atoms with Crippen molar-refractivity contribution in [1.29, 1.82) is 0 Å². The molecule has 10 heteroatoms. The zero-order valence-corrected chi connectivity index (χ0v) is 24.2. The van der Waals surface area contributed by atoms with Gasteiger partial charge in [-0.15, -0.1) is 0 Å². The second-order valence-corrected chi connectivity index (χ2v) is 11.2. The fraction of sp³-hybridized carbons (Fsp3) is 0.172. The van der Waals surface area contributed by atoms with Gasteiger partial charge in [0.05, 0.1) is 4.91 Å². The van der Waals surface area contributed by atoms with E-state index in [2.05, 4.69) is 47.1 Å². The van der Waals surface area contributed by atoms with Crippen LogP contribution in [-0.2, 0) is 14.4 Å². The van der Waals surface area contributed by atoms with Crippen LogP contribution in [-0.4, -0.2) is 41.0 Å². The number of anilines is 2. The molecule has 0 radical (unpaired) electrons. The number of hydrogen-bond donors (Lipinski definition) is 2. The van der Waals surface area contributed by atoms with Crippen molar-refractivity contribution in [3.05, 3.63) is 92.4 Å². The summed E-state index contributed by atoms with van der Waals surface area (Å²) in [4.78, 5) is 51.1. The highest BCUT2D eigenvalue weighted by molar-refractivity contribution is 14.1. The number of hydrogen-bond acceptors (Lipinski definition) is 6. The summed E-state index contributed by atoms with van der Waals surface area (Å²) in [6, 6.07) is 21.6. The lowest BCUT2D eigenvalue weighted by molar-refractivity contribution is -0.127. The summed E-state index contributed by atoms with van der Waals surface area (Å²) in [6.07, 6.45) is 1.58. The molecule has 1 fully saturated rings. The molecular formula is C29H26IN3O5S. The first-order chi connectivity index (χ1) is 18.7. The molecule has 1 aliphatic heterocycles. The zero-order valence-electron chi connectivity index (χ0n) is 21.3. The van der Waals surface area contributed by atoms with E-state index < -0.39 is 17.1 Å². The smallest absolute Gasteiger partial charge is 0.294 e. The van der Waals surface area contributed by atoms with Gasteiger partial charge < -0.3 is 15.4 Å². The molecule has 2 N–H and O–H groups in total. The number of carbonyl (C=O) groups excluding carboxylic acids is 4. The summed E-state index contributed by atoms with van der Waals surface area (Å²) in [5.41, 5.74) is 3.07. The van der Waals surface area contributed by atoms with E-state index in [1.807, 2.05) is 36.4 Å². The van der Waals surface area contributed by atoms with E-state index in [0.29, 0.717) is 17.0 Å². The number of ether oxygens (including phenoxy) is 1. The number of imide groups is 1. The van der Waals surface area contributed by atoms with E-state index in [4.69, 9.17) is 4.74 Å². The third-order valence-electron chi connectivity index (χ3n) is 5.71. The minimum absolute atomic E-state index is 0.158. The van der Waals surface area contributed by atoms with Gasteiger partial charge in [-0.1, -0.05) is 44.2 Å². The molecule has 200 valence electrons. The minimum atomic E-state index is -0.526. The molecule has 39 heavy (non-hydrogen) atoms. The molecule has 0 atom stereocenters. The lowest BCUT2D eigenvalue weighted by Crippen LogP contribution is -2.36. The summed E-state index contributed by atoms with van der Waals surface area (Å²) in [5, 5.41) is 5.07. The predicted molar refractivity (Wildman–Crippen MR) is 162 cm³/mol. The Hall–Kier alpha value is -3.64. The van der Waals surface area contributed by atoms with Crippen molar-refractivity contribution >= 4 is 74.8 Å². The molecule has 0 spiro atoms. The first-order valence-corrected chi connectivity index (χ1v) is 14.0. The maximum Gasteiger partial charge on any atom is 0.294 e. The van der Waals surface area contributed by atoms with Gasteiger partial charge in [0, 0.05) is 14.9 Å². The second-order valence-electron chi connectivity index (χ2n) is 8.97. The highest BCUT2D eigenvalue weighted by atomic mass is 127. The quantitative estimate of drug-likeness (QED) is 0.213. The van der Waals surface area contributed by atoms with Gasteiger partial charge in [0.15, 0.2) is 6.61 Å². The molecular weight excluding hydrogens is 629 g/mol. The summed E-state index contributed by atoms with van der Waals surface area (Å²) in [7, 11) is 0. The molecule has 1 heterocycles. The van der Waals surface area contributed by atoms with E-state index >= 15 is 0 Å². The number of carbonyl (C=O) groups is 4. The molecule has 4 rings (SSSR count). The van der Waals surface area contributed by atoms with Crippen LogP contribution in [0, 0.1) is 3.57 Å². The van der Waals surface area contributed by atoms with Gasteiger partial charge in [0.1, 0.15) is 12.3 Å². The third kappa shape index (κ3) is 7.70. The van der Waals surface area contributed by atoms with Crippen LogP contribution in [0.5, 0.6) is 5.75 Å². The molecule has 8 nitrogen and oxygen atoms in total. The van der Waals surface area contributed by atoms with E-state index in [9.17, 15) is 19.2 Å². The number of para-hydroxylation sites is 1. The average molecular weight is 656 g/mol. The van der Waals surface area contributed by atoms with Gasteiger partial charge in [-0.3, -0.25) is 24.1 Å². The summed E-state index contributed by atoms with van der Waals surface area (Å²) in [6.45, 7) is 3.60. The van der Waals surface area contributed by atoms with E-state index in [1.165, 1.54) is 0 Å². The molecule has 0 saturated carbocycles. The summed E-state index contributed by atoms with van der Waals surface area (Å²) in [5.74, 6) is -0.502. The zero-order chi connectivity index (χ0) is 27.9. The van der Waals surface area contributed by atoms with Gasteiger partial charge in [-0.05, 0) is 99.9 Å². The van der Waals surface area contributed by atoms with Gasteiger partial charge >= 0.3 is 0 Å². The topological polar surface area (TPSA) is 105 Å². The number of thioether (sulfide) groups is 1. The molecule has 0 aliphatic carbocycles. The van der Waals surface area contributed by atoms with E-state index in [1.54, 1.807) is 42.5 Å². The van der Waals surface area contributed by atoms with Crippen molar-refractivity contribution in [1.82, 2.24) is 4.90 Å². The Bertz CT molecular complexity index is 1420. The lowest BCUT2D eigenvalue weighted by Gasteiger charge is -2.14. The van der Waals surface area contributed by atoms with E-state index in [0.717, 1.165) is 31.5 Å². The Kier molecular flexibility index (Phi) is 9.41. The number of nitrogens with one attached hydrogen (secondary N) is 2. The highest BCUT2D eigenvalue weighted by Gasteiger charge is 2.36. The Morgan fingerprint density at radius 1 is 0.949 bits per heavy atom. The standard InChI is InChI=1S/C29H26IN3O5S/c1-18(2)23-5-3-4-6-24(23)32-27(35)17-38-22-13-7-19(8-14-22)15-25-28(36)33(29(37)39-25)16-26(34)31-21-11-9-20(30)10-12-21/h3-15,18H,16-17H2,1-2H3,(H,31,34)(H,32,35)/b25-15+. The molecule has 0 bridgehead atoms. The molecule has 3 aromatic carbocycles. The monoisotopic (exact) mass is 655 g/mol. The maximum atomic E-state index is 12.8. The van der Waals surface area contributed by atoms with Crippen LogP contribution < -0.4 is 15.4 Å². The van der Waals surface area contributed by atoms with Crippen molar-refractivity contribution in [2.45, 2.75) is 19.8 Å². The highest BCUT2D eigenvalue weighted by Crippen LogP contribution is 2.32. The molecule has 3 aromatic rings. The van der Waals surface area contributed by atoms with Crippen LogP contribution in [0.15, 0.2) is 77.7 Å². The molecule has 4 amide bonds. The van der Waals surface area contributed by atoms with Gasteiger partial charge in [-0.2, -0.15) is 0 Å². The molecule has 1 saturated heterocycles. The Morgan fingerprint density at radius 3 is 2.33 bits per heavy atom. The number of benzene rings is 3. The Morgan fingerprint density at radius 2 is 1.64 bits per heavy atom. The minimum Gasteiger partial charge on any atom is -0.484 e. The third-order valence-corrected chi connectivity index (χ3v) is 7.33. The number of amides is 4. The van der Waals surface area contributed by atoms with Crippen LogP contribution in [0.3, 0.4) is 0 Å². The summed E-state index contributed by atoms with van der Waals surface area (Å²) < 4.78 is 6.63. The second kappa shape index (κ2) is 12.9. The first kappa shape index (κ1) is 28.4. The van der Waals surface area contributed by atoms with Gasteiger partial charge in [0.2, 0.25) is 5.91 Å². The van der Waals surface area contributed by atoms with Crippen molar-refractivity contribution in [3.63, 3.8) is 0 Å². The van der Waals surface area contributed by atoms with Crippen LogP contribution >= 0.6 is 34.4 Å². The fourth-order valence-corrected chi connectivity index (χ4v) is 4.97.